The van der Waals surface area contributed by atoms with E-state index in [1.54, 1.807) is 11.3 Å². The molecule has 0 saturated heterocycles. The van der Waals surface area contributed by atoms with Crippen LogP contribution >= 0.6 is 43.2 Å². The van der Waals surface area contributed by atoms with E-state index in [4.69, 9.17) is 5.73 Å². The summed E-state index contributed by atoms with van der Waals surface area (Å²) in [5.74, 6) is -0.0735. The molecule has 0 amide bonds. The van der Waals surface area contributed by atoms with Gasteiger partial charge in [0, 0.05) is 26.3 Å². The lowest BCUT2D eigenvalue weighted by atomic mass is 9.94. The Labute approximate surface area is 127 Å². The van der Waals surface area contributed by atoms with E-state index in [2.05, 4.69) is 31.9 Å². The molecule has 0 aliphatic rings. The minimum absolute atomic E-state index is 0.0735. The van der Waals surface area contributed by atoms with Crippen LogP contribution in [0.4, 0.5) is 0 Å². The maximum Gasteiger partial charge on any atom is 0.0889 e. The molecule has 2 atom stereocenters. The van der Waals surface area contributed by atoms with Crippen LogP contribution in [-0.2, 0) is 0 Å². The second-order valence-electron chi connectivity index (χ2n) is 3.97. The standard InChI is InChI=1S/C13H13Br2NOS/c14-8-3-4-11(15)9(6-8)13(17)10(7-16)12-2-1-5-18-12/h1-6,10,13,17H,7,16H2. The Morgan fingerprint density at radius 1 is 1.28 bits per heavy atom. The fourth-order valence-corrected chi connectivity index (χ4v) is 3.59. The van der Waals surface area contributed by atoms with Crippen LogP contribution in [0.1, 0.15) is 22.5 Å². The average Bonchev–Trinajstić information content (AvgIpc) is 2.87. The Hall–Kier alpha value is -0.200. The summed E-state index contributed by atoms with van der Waals surface area (Å²) < 4.78 is 1.84. The smallest absolute Gasteiger partial charge is 0.0889 e. The van der Waals surface area contributed by atoms with Gasteiger partial charge in [-0.15, -0.1) is 11.3 Å². The van der Waals surface area contributed by atoms with Gasteiger partial charge in [0.25, 0.3) is 0 Å². The number of hydrogen-bond acceptors (Lipinski definition) is 3. The van der Waals surface area contributed by atoms with Crippen molar-refractivity contribution in [1.82, 2.24) is 0 Å². The molecular weight excluding hydrogens is 378 g/mol. The summed E-state index contributed by atoms with van der Waals surface area (Å²) in [6.07, 6.45) is -0.611. The maximum absolute atomic E-state index is 10.5. The molecule has 5 heteroatoms. The minimum Gasteiger partial charge on any atom is -0.388 e. The van der Waals surface area contributed by atoms with Crippen molar-refractivity contribution in [3.8, 4) is 0 Å². The summed E-state index contributed by atoms with van der Waals surface area (Å²) in [6.45, 7) is 0.417. The zero-order valence-electron chi connectivity index (χ0n) is 9.51. The van der Waals surface area contributed by atoms with Gasteiger partial charge in [-0.05, 0) is 35.2 Å². The van der Waals surface area contributed by atoms with Gasteiger partial charge in [0.2, 0.25) is 0 Å². The average molecular weight is 391 g/mol. The molecule has 0 radical (unpaired) electrons. The quantitative estimate of drug-likeness (QED) is 0.827. The summed E-state index contributed by atoms with van der Waals surface area (Å²) >= 11 is 8.52. The molecule has 18 heavy (non-hydrogen) atoms. The third-order valence-corrected chi connectivity index (χ3v) is 5.04. The van der Waals surface area contributed by atoms with Crippen molar-refractivity contribution in [2.24, 2.45) is 5.73 Å². The Balaban J connectivity index is 2.34. The first-order chi connectivity index (χ1) is 8.63. The van der Waals surface area contributed by atoms with Gasteiger partial charge in [0.05, 0.1) is 6.10 Å². The van der Waals surface area contributed by atoms with E-state index in [0.29, 0.717) is 6.54 Å². The zero-order chi connectivity index (χ0) is 13.1. The highest BCUT2D eigenvalue weighted by molar-refractivity contribution is 9.11. The van der Waals surface area contributed by atoms with E-state index in [-0.39, 0.29) is 5.92 Å². The fourth-order valence-electron chi connectivity index (χ4n) is 1.86. The summed E-state index contributed by atoms with van der Waals surface area (Å²) in [4.78, 5) is 1.11. The SMILES string of the molecule is NCC(c1cccs1)C(O)c1cc(Br)ccc1Br. The van der Waals surface area contributed by atoms with Gasteiger partial charge in [-0.2, -0.15) is 0 Å². The maximum atomic E-state index is 10.5. The summed E-state index contributed by atoms with van der Waals surface area (Å²) in [5.41, 5.74) is 6.66. The second kappa shape index (κ2) is 6.30. The third-order valence-electron chi connectivity index (χ3n) is 2.82. The monoisotopic (exact) mass is 389 g/mol. The molecule has 3 N–H and O–H groups in total. The molecule has 96 valence electrons. The van der Waals surface area contributed by atoms with Gasteiger partial charge < -0.3 is 10.8 Å². The van der Waals surface area contributed by atoms with E-state index < -0.39 is 6.10 Å². The first-order valence-corrected chi connectivity index (χ1v) is 7.96. The minimum atomic E-state index is -0.611. The van der Waals surface area contributed by atoms with Gasteiger partial charge in [-0.1, -0.05) is 37.9 Å². The number of halogens is 2. The highest BCUT2D eigenvalue weighted by atomic mass is 79.9. The van der Waals surface area contributed by atoms with Crippen LogP contribution in [0.5, 0.6) is 0 Å². The molecule has 1 aromatic heterocycles. The number of aliphatic hydroxyl groups excluding tert-OH is 1. The summed E-state index contributed by atoms with van der Waals surface area (Å²) in [5, 5.41) is 12.5. The molecule has 2 nitrogen and oxygen atoms in total. The lowest BCUT2D eigenvalue weighted by Gasteiger charge is -2.22. The van der Waals surface area contributed by atoms with Crippen LogP contribution in [-0.4, -0.2) is 11.7 Å². The van der Waals surface area contributed by atoms with E-state index in [9.17, 15) is 5.11 Å². The molecule has 0 fully saturated rings. The normalized spacial score (nSPS) is 14.4. The van der Waals surface area contributed by atoms with E-state index >= 15 is 0 Å². The van der Waals surface area contributed by atoms with Gasteiger partial charge >= 0.3 is 0 Å². The van der Waals surface area contributed by atoms with Crippen molar-refractivity contribution in [3.05, 3.63) is 55.1 Å². The highest BCUT2D eigenvalue weighted by Crippen LogP contribution is 2.37. The van der Waals surface area contributed by atoms with Crippen LogP contribution in [0.3, 0.4) is 0 Å². The zero-order valence-corrected chi connectivity index (χ0v) is 13.5. The van der Waals surface area contributed by atoms with Gasteiger partial charge in [-0.3, -0.25) is 0 Å². The number of rotatable bonds is 4. The first kappa shape index (κ1) is 14.2. The van der Waals surface area contributed by atoms with Crippen molar-refractivity contribution >= 4 is 43.2 Å². The van der Waals surface area contributed by atoms with Crippen molar-refractivity contribution in [2.45, 2.75) is 12.0 Å². The number of nitrogens with two attached hydrogens (primary N) is 1. The Morgan fingerprint density at radius 2 is 2.06 bits per heavy atom. The number of benzene rings is 1. The fraction of sp³-hybridized carbons (Fsp3) is 0.231. The van der Waals surface area contributed by atoms with Crippen molar-refractivity contribution in [2.75, 3.05) is 6.54 Å². The Morgan fingerprint density at radius 3 is 2.67 bits per heavy atom. The van der Waals surface area contributed by atoms with Crippen molar-refractivity contribution in [3.63, 3.8) is 0 Å². The lowest BCUT2D eigenvalue weighted by molar-refractivity contribution is 0.148. The molecule has 2 unspecified atom stereocenters. The predicted molar refractivity (Wildman–Crippen MR) is 82.9 cm³/mol. The largest absolute Gasteiger partial charge is 0.388 e. The van der Waals surface area contributed by atoms with Crippen molar-refractivity contribution < 1.29 is 5.11 Å². The molecule has 1 aromatic carbocycles. The molecule has 2 aromatic rings. The third kappa shape index (κ3) is 3.03. The second-order valence-corrected chi connectivity index (χ2v) is 6.72. The van der Waals surface area contributed by atoms with Crippen molar-refractivity contribution in [1.29, 1.82) is 0 Å². The number of aliphatic hydroxyl groups is 1. The molecule has 0 aliphatic heterocycles. The van der Waals surface area contributed by atoms with Gasteiger partial charge in [0.1, 0.15) is 0 Å². The molecule has 0 bridgehead atoms. The Bertz CT molecular complexity index is 516. The van der Waals surface area contributed by atoms with Crippen LogP contribution < -0.4 is 5.73 Å². The van der Waals surface area contributed by atoms with Crippen LogP contribution in [0.2, 0.25) is 0 Å². The molecule has 0 spiro atoms. The highest BCUT2D eigenvalue weighted by Gasteiger charge is 2.24. The molecule has 0 saturated carbocycles. The van der Waals surface area contributed by atoms with E-state index in [1.165, 1.54) is 0 Å². The van der Waals surface area contributed by atoms with Crippen LogP contribution in [0, 0.1) is 0 Å². The predicted octanol–water partition coefficient (Wildman–Crippen LogP) is 4.05. The molecular formula is C13H13Br2NOS. The first-order valence-electron chi connectivity index (χ1n) is 5.50. The summed E-state index contributed by atoms with van der Waals surface area (Å²) in [6, 6.07) is 9.77. The van der Waals surface area contributed by atoms with E-state index in [1.807, 2.05) is 35.7 Å². The molecule has 2 rings (SSSR count). The summed E-state index contributed by atoms with van der Waals surface area (Å²) in [7, 11) is 0. The van der Waals surface area contributed by atoms with E-state index in [0.717, 1.165) is 19.4 Å². The molecule has 0 aliphatic carbocycles. The topological polar surface area (TPSA) is 46.2 Å². The van der Waals surface area contributed by atoms with Gasteiger partial charge in [0.15, 0.2) is 0 Å². The molecule has 1 heterocycles. The number of thiophene rings is 1. The number of hydrogen-bond donors (Lipinski definition) is 2. The van der Waals surface area contributed by atoms with Gasteiger partial charge in [-0.25, -0.2) is 0 Å². The van der Waals surface area contributed by atoms with Crippen LogP contribution in [0.15, 0.2) is 44.7 Å². The lowest BCUT2D eigenvalue weighted by Crippen LogP contribution is -2.19. The Kier molecular flexibility index (Phi) is 4.98. The van der Waals surface area contributed by atoms with Crippen LogP contribution in [0.25, 0.3) is 0 Å².